The van der Waals surface area contributed by atoms with E-state index < -0.39 is 15.1 Å². The molecule has 14 heavy (non-hydrogen) atoms. The number of hydrogen-bond donors (Lipinski definition) is 0. The number of carbonyl (C=O) groups excluding carboxylic acids is 1. The highest BCUT2D eigenvalue weighted by atomic mass is 32.2. The molecule has 0 atom stereocenters. The zero-order valence-electron chi connectivity index (χ0n) is 8.26. The van der Waals surface area contributed by atoms with Crippen molar-refractivity contribution < 1.29 is 13.2 Å². The summed E-state index contributed by atoms with van der Waals surface area (Å²) in [7, 11) is -1.94. The third-order valence-electron chi connectivity index (χ3n) is 1.93. The summed E-state index contributed by atoms with van der Waals surface area (Å²) in [6, 6.07) is 0. The van der Waals surface area contributed by atoms with E-state index in [1.807, 2.05) is 0 Å². The number of aromatic nitrogens is 2. The molecule has 0 aliphatic carbocycles. The molecule has 5 nitrogen and oxygen atoms in total. The Morgan fingerprint density at radius 3 is 2.50 bits per heavy atom. The van der Waals surface area contributed by atoms with E-state index in [0.717, 1.165) is 0 Å². The van der Waals surface area contributed by atoms with Gasteiger partial charge in [-0.25, -0.2) is 8.42 Å². The fourth-order valence-electron chi connectivity index (χ4n) is 1.10. The Morgan fingerprint density at radius 1 is 1.50 bits per heavy atom. The lowest BCUT2D eigenvalue weighted by molar-refractivity contribution is 0.112. The fourth-order valence-corrected chi connectivity index (χ4v) is 2.39. The van der Waals surface area contributed by atoms with Gasteiger partial charge in [0.25, 0.3) is 0 Å². The van der Waals surface area contributed by atoms with Crippen LogP contribution in [0.25, 0.3) is 0 Å². The van der Waals surface area contributed by atoms with Crippen molar-refractivity contribution in [2.24, 2.45) is 7.05 Å². The van der Waals surface area contributed by atoms with Gasteiger partial charge in [0.15, 0.2) is 21.1 Å². The molecule has 1 aromatic rings. The van der Waals surface area contributed by atoms with Crippen molar-refractivity contribution in [3.8, 4) is 0 Å². The first-order valence-corrected chi connectivity index (χ1v) is 5.67. The first-order valence-electron chi connectivity index (χ1n) is 4.12. The third-order valence-corrected chi connectivity index (χ3v) is 4.21. The van der Waals surface area contributed by atoms with Gasteiger partial charge in [-0.2, -0.15) is 5.10 Å². The van der Waals surface area contributed by atoms with E-state index in [1.165, 1.54) is 17.9 Å². The van der Waals surface area contributed by atoms with Gasteiger partial charge in [0.1, 0.15) is 0 Å². The minimum Gasteiger partial charge on any atom is -0.298 e. The minimum atomic E-state index is -3.44. The maximum atomic E-state index is 11.8. The van der Waals surface area contributed by atoms with E-state index in [-0.39, 0.29) is 10.6 Å². The SMILES string of the molecule is CC(C)S(=O)(=O)c1c(C=O)cnn1C. The summed E-state index contributed by atoms with van der Waals surface area (Å²) in [4.78, 5) is 10.6. The van der Waals surface area contributed by atoms with Crippen LogP contribution in [0.5, 0.6) is 0 Å². The summed E-state index contributed by atoms with van der Waals surface area (Å²) in [5, 5.41) is 3.17. The zero-order chi connectivity index (χ0) is 10.9. The van der Waals surface area contributed by atoms with Crippen LogP contribution in [0.1, 0.15) is 24.2 Å². The third kappa shape index (κ3) is 1.57. The molecule has 0 fully saturated rings. The fraction of sp³-hybridized carbons (Fsp3) is 0.500. The van der Waals surface area contributed by atoms with Crippen molar-refractivity contribution in [2.45, 2.75) is 24.1 Å². The van der Waals surface area contributed by atoms with Crippen molar-refractivity contribution in [3.05, 3.63) is 11.8 Å². The van der Waals surface area contributed by atoms with Crippen LogP contribution in [0, 0.1) is 0 Å². The second kappa shape index (κ2) is 3.53. The Balaban J connectivity index is 3.45. The van der Waals surface area contributed by atoms with Crippen molar-refractivity contribution in [1.29, 1.82) is 0 Å². The smallest absolute Gasteiger partial charge is 0.198 e. The quantitative estimate of drug-likeness (QED) is 0.686. The molecule has 0 radical (unpaired) electrons. The highest BCUT2D eigenvalue weighted by Gasteiger charge is 2.26. The van der Waals surface area contributed by atoms with E-state index >= 15 is 0 Å². The van der Waals surface area contributed by atoms with E-state index in [2.05, 4.69) is 5.10 Å². The van der Waals surface area contributed by atoms with Crippen LogP contribution in [0.4, 0.5) is 0 Å². The molecule has 0 saturated carbocycles. The highest BCUT2D eigenvalue weighted by molar-refractivity contribution is 7.92. The molecule has 0 aliphatic heterocycles. The molecule has 0 aromatic carbocycles. The topological polar surface area (TPSA) is 69.0 Å². The molecular weight excluding hydrogens is 204 g/mol. The maximum absolute atomic E-state index is 11.8. The number of aryl methyl sites for hydroxylation is 1. The van der Waals surface area contributed by atoms with Crippen LogP contribution in [-0.2, 0) is 16.9 Å². The number of sulfone groups is 1. The van der Waals surface area contributed by atoms with Crippen LogP contribution in [0.3, 0.4) is 0 Å². The summed E-state index contributed by atoms with van der Waals surface area (Å²) in [6.45, 7) is 3.13. The molecule has 1 rings (SSSR count). The number of rotatable bonds is 3. The largest absolute Gasteiger partial charge is 0.298 e. The summed E-state index contributed by atoms with van der Waals surface area (Å²) in [5.41, 5.74) is 0.112. The number of carbonyl (C=O) groups is 1. The normalized spacial score (nSPS) is 12.0. The van der Waals surface area contributed by atoms with Crippen molar-refractivity contribution >= 4 is 16.1 Å². The van der Waals surface area contributed by atoms with Gasteiger partial charge in [-0.1, -0.05) is 0 Å². The molecular formula is C8H12N2O3S. The van der Waals surface area contributed by atoms with Gasteiger partial charge >= 0.3 is 0 Å². The van der Waals surface area contributed by atoms with Crippen LogP contribution < -0.4 is 0 Å². The van der Waals surface area contributed by atoms with Crippen LogP contribution in [0.15, 0.2) is 11.2 Å². The number of hydrogen-bond acceptors (Lipinski definition) is 4. The predicted molar refractivity (Wildman–Crippen MR) is 50.9 cm³/mol. The van der Waals surface area contributed by atoms with E-state index in [1.54, 1.807) is 13.8 Å². The zero-order valence-corrected chi connectivity index (χ0v) is 9.08. The standard InChI is InChI=1S/C8H12N2O3S/c1-6(2)14(12,13)8-7(5-11)4-9-10(8)3/h4-6H,1-3H3. The predicted octanol–water partition coefficient (Wildman–Crippen LogP) is 0.415. The van der Waals surface area contributed by atoms with E-state index in [9.17, 15) is 13.2 Å². The summed E-state index contributed by atoms with van der Waals surface area (Å²) >= 11 is 0. The van der Waals surface area contributed by atoms with Gasteiger partial charge in [-0.15, -0.1) is 0 Å². The summed E-state index contributed by atoms with van der Waals surface area (Å²) < 4.78 is 24.8. The lowest BCUT2D eigenvalue weighted by atomic mass is 10.4. The van der Waals surface area contributed by atoms with E-state index in [4.69, 9.17) is 0 Å². The Labute approximate surface area is 82.7 Å². The average Bonchev–Trinajstić information content (AvgIpc) is 2.46. The molecule has 0 amide bonds. The van der Waals surface area contributed by atoms with Gasteiger partial charge in [-0.3, -0.25) is 9.48 Å². The molecule has 0 N–H and O–H groups in total. The van der Waals surface area contributed by atoms with Crippen molar-refractivity contribution in [1.82, 2.24) is 9.78 Å². The lowest BCUT2D eigenvalue weighted by Gasteiger charge is -2.08. The first-order chi connectivity index (χ1) is 6.41. The Morgan fingerprint density at radius 2 is 2.07 bits per heavy atom. The second-order valence-corrected chi connectivity index (χ2v) is 5.66. The monoisotopic (exact) mass is 216 g/mol. The Bertz CT molecular complexity index is 445. The highest BCUT2D eigenvalue weighted by Crippen LogP contribution is 2.18. The molecule has 6 heteroatoms. The van der Waals surface area contributed by atoms with Gasteiger partial charge in [0.2, 0.25) is 0 Å². The van der Waals surface area contributed by atoms with Crippen LogP contribution >= 0.6 is 0 Å². The maximum Gasteiger partial charge on any atom is 0.198 e. The van der Waals surface area contributed by atoms with Crippen molar-refractivity contribution in [3.63, 3.8) is 0 Å². The molecule has 0 saturated heterocycles. The number of aldehydes is 1. The lowest BCUT2D eigenvalue weighted by Crippen LogP contribution is -2.18. The molecule has 0 unspecified atom stereocenters. The molecule has 1 aromatic heterocycles. The van der Waals surface area contributed by atoms with Gasteiger partial charge in [0.05, 0.1) is 17.0 Å². The summed E-state index contributed by atoms with van der Waals surface area (Å²) in [5.74, 6) is 0. The van der Waals surface area contributed by atoms with Crippen molar-refractivity contribution in [2.75, 3.05) is 0 Å². The summed E-state index contributed by atoms with van der Waals surface area (Å²) in [6.07, 6.45) is 1.75. The molecule has 0 spiro atoms. The van der Waals surface area contributed by atoms with Gasteiger partial charge in [0, 0.05) is 7.05 Å². The van der Waals surface area contributed by atoms with Gasteiger partial charge < -0.3 is 0 Å². The van der Waals surface area contributed by atoms with Crippen LogP contribution in [-0.4, -0.2) is 29.7 Å². The second-order valence-electron chi connectivity index (χ2n) is 3.24. The molecule has 0 bridgehead atoms. The minimum absolute atomic E-state index is 0.0116. The van der Waals surface area contributed by atoms with Crippen LogP contribution in [0.2, 0.25) is 0 Å². The number of nitrogens with zero attached hydrogens (tertiary/aromatic N) is 2. The first kappa shape index (κ1) is 10.9. The Hall–Kier alpha value is -1.17. The molecule has 78 valence electrons. The average molecular weight is 216 g/mol. The molecule has 0 aliphatic rings. The van der Waals surface area contributed by atoms with E-state index in [0.29, 0.717) is 6.29 Å². The molecule has 1 heterocycles. The Kier molecular flexibility index (Phi) is 2.75. The van der Waals surface area contributed by atoms with Gasteiger partial charge in [-0.05, 0) is 13.8 Å².